The highest BCUT2D eigenvalue weighted by molar-refractivity contribution is 6.42. The largest absolute Gasteiger partial charge is 0.490 e. The zero-order valence-electron chi connectivity index (χ0n) is 18.2. The molecule has 2 aromatic carbocycles. The number of benzene rings is 2. The molecular weight excluding hydrogens is 445 g/mol. The molecule has 0 atom stereocenters. The number of hydrogen-bond donors (Lipinski definition) is 0. The second-order valence-corrected chi connectivity index (χ2v) is 9.34. The van der Waals surface area contributed by atoms with E-state index in [1.54, 1.807) is 30.3 Å². The third-order valence-electron chi connectivity index (χ3n) is 6.57. The van der Waals surface area contributed by atoms with Crippen molar-refractivity contribution < 1.29 is 9.53 Å². The van der Waals surface area contributed by atoms with Crippen LogP contribution in [0.4, 0.5) is 0 Å². The van der Waals surface area contributed by atoms with E-state index in [0.717, 1.165) is 63.2 Å². The smallest absolute Gasteiger partial charge is 0.253 e. The summed E-state index contributed by atoms with van der Waals surface area (Å²) in [5.41, 5.74) is 2.00. The standard InChI is InChI=1S/C25H27Cl2N3O2/c1-17-23(6-5-22(26)24(17)27)32-21-9-13-29(14-10-21)20-7-11-30(12-8-20)25(31)19-4-2-3-18(15-19)16-28/h2-6,15,20-21H,7-14H2,1H3. The Morgan fingerprint density at radius 3 is 2.47 bits per heavy atom. The summed E-state index contributed by atoms with van der Waals surface area (Å²) < 4.78 is 6.23. The fourth-order valence-electron chi connectivity index (χ4n) is 4.64. The molecule has 5 nitrogen and oxygen atoms in total. The minimum absolute atomic E-state index is 0.0182. The molecule has 2 fully saturated rings. The maximum atomic E-state index is 12.8. The molecule has 168 valence electrons. The molecule has 0 unspecified atom stereocenters. The van der Waals surface area contributed by atoms with E-state index in [-0.39, 0.29) is 12.0 Å². The third kappa shape index (κ3) is 5.04. The van der Waals surface area contributed by atoms with Gasteiger partial charge in [0.2, 0.25) is 0 Å². The summed E-state index contributed by atoms with van der Waals surface area (Å²) in [4.78, 5) is 17.3. The number of likely N-dealkylation sites (tertiary alicyclic amines) is 2. The predicted octanol–water partition coefficient (Wildman–Crippen LogP) is 5.32. The van der Waals surface area contributed by atoms with Gasteiger partial charge in [-0.2, -0.15) is 5.26 Å². The van der Waals surface area contributed by atoms with Crippen LogP contribution in [0.2, 0.25) is 10.0 Å². The summed E-state index contributed by atoms with van der Waals surface area (Å²) in [7, 11) is 0. The average Bonchev–Trinajstić information content (AvgIpc) is 2.84. The highest BCUT2D eigenvalue weighted by Gasteiger charge is 2.30. The minimum Gasteiger partial charge on any atom is -0.490 e. The quantitative estimate of drug-likeness (QED) is 0.605. The minimum atomic E-state index is 0.0182. The maximum Gasteiger partial charge on any atom is 0.253 e. The van der Waals surface area contributed by atoms with Crippen LogP contribution in [0.5, 0.6) is 5.75 Å². The molecule has 0 N–H and O–H groups in total. The lowest BCUT2D eigenvalue weighted by Gasteiger charge is -2.41. The summed E-state index contributed by atoms with van der Waals surface area (Å²) in [5, 5.41) is 10.2. The van der Waals surface area contributed by atoms with Gasteiger partial charge in [0.25, 0.3) is 5.91 Å². The topological polar surface area (TPSA) is 56.6 Å². The van der Waals surface area contributed by atoms with Gasteiger partial charge in [-0.05, 0) is 62.9 Å². The van der Waals surface area contributed by atoms with Gasteiger partial charge in [-0.3, -0.25) is 9.69 Å². The van der Waals surface area contributed by atoms with E-state index in [9.17, 15) is 4.79 Å². The lowest BCUT2D eigenvalue weighted by atomic mass is 9.98. The Bertz CT molecular complexity index is 1020. The second kappa shape index (κ2) is 10.1. The number of hydrogen-bond acceptors (Lipinski definition) is 4. The van der Waals surface area contributed by atoms with Gasteiger partial charge in [-0.25, -0.2) is 0 Å². The first kappa shape index (κ1) is 22.9. The van der Waals surface area contributed by atoms with Crippen LogP contribution in [0.1, 0.15) is 47.2 Å². The Morgan fingerprint density at radius 1 is 1.06 bits per heavy atom. The van der Waals surface area contributed by atoms with Gasteiger partial charge in [-0.15, -0.1) is 0 Å². The van der Waals surface area contributed by atoms with Gasteiger partial charge >= 0.3 is 0 Å². The van der Waals surface area contributed by atoms with E-state index in [1.165, 1.54) is 0 Å². The highest BCUT2D eigenvalue weighted by atomic mass is 35.5. The number of carbonyl (C=O) groups is 1. The molecule has 32 heavy (non-hydrogen) atoms. The number of ether oxygens (including phenoxy) is 1. The molecule has 0 spiro atoms. The highest BCUT2D eigenvalue weighted by Crippen LogP contribution is 2.34. The Morgan fingerprint density at radius 2 is 1.78 bits per heavy atom. The van der Waals surface area contributed by atoms with Crippen LogP contribution in [0.15, 0.2) is 36.4 Å². The molecule has 2 saturated heterocycles. The zero-order chi connectivity index (χ0) is 22.7. The van der Waals surface area contributed by atoms with Crippen LogP contribution >= 0.6 is 23.2 Å². The van der Waals surface area contributed by atoms with E-state index in [0.29, 0.717) is 27.2 Å². The molecule has 0 aliphatic carbocycles. The molecule has 2 aliphatic rings. The van der Waals surface area contributed by atoms with E-state index in [4.69, 9.17) is 33.2 Å². The molecular formula is C25H27Cl2N3O2. The molecule has 0 radical (unpaired) electrons. The van der Waals surface area contributed by atoms with Gasteiger partial charge in [0.05, 0.1) is 21.7 Å². The van der Waals surface area contributed by atoms with Gasteiger partial charge in [0.1, 0.15) is 11.9 Å². The summed E-state index contributed by atoms with van der Waals surface area (Å²) >= 11 is 12.3. The number of halogens is 2. The summed E-state index contributed by atoms with van der Waals surface area (Å²) in [6, 6.07) is 13.2. The zero-order valence-corrected chi connectivity index (χ0v) is 19.7. The van der Waals surface area contributed by atoms with Crippen molar-refractivity contribution >= 4 is 29.1 Å². The number of piperidine rings is 2. The van der Waals surface area contributed by atoms with Gasteiger partial charge in [-0.1, -0.05) is 29.3 Å². The first-order valence-corrected chi connectivity index (χ1v) is 11.9. The number of rotatable bonds is 4. The molecule has 0 saturated carbocycles. The summed E-state index contributed by atoms with van der Waals surface area (Å²) in [6.07, 6.45) is 4.07. The first-order chi connectivity index (χ1) is 15.5. The molecule has 2 aromatic rings. The fraction of sp³-hybridized carbons (Fsp3) is 0.440. The Labute approximate surface area is 199 Å². The number of amides is 1. The van der Waals surface area contributed by atoms with E-state index in [2.05, 4.69) is 11.0 Å². The van der Waals surface area contributed by atoms with E-state index >= 15 is 0 Å². The number of nitrogens with zero attached hydrogens (tertiary/aromatic N) is 3. The molecule has 2 aliphatic heterocycles. The van der Waals surface area contributed by atoms with Crippen LogP contribution < -0.4 is 4.74 Å². The Balaban J connectivity index is 1.26. The SMILES string of the molecule is Cc1c(OC2CCN(C3CCN(C(=O)c4cccc(C#N)c4)CC3)CC2)ccc(Cl)c1Cl. The van der Waals surface area contributed by atoms with Crippen LogP contribution in [-0.4, -0.2) is 54.0 Å². The maximum absolute atomic E-state index is 12.8. The fourth-order valence-corrected chi connectivity index (χ4v) is 5.00. The monoisotopic (exact) mass is 471 g/mol. The number of carbonyl (C=O) groups excluding carboxylic acids is 1. The third-order valence-corrected chi connectivity index (χ3v) is 7.47. The lowest BCUT2D eigenvalue weighted by molar-refractivity contribution is 0.0424. The average molecular weight is 472 g/mol. The molecule has 1 amide bonds. The van der Waals surface area contributed by atoms with Crippen molar-refractivity contribution in [3.8, 4) is 11.8 Å². The van der Waals surface area contributed by atoms with E-state index < -0.39 is 0 Å². The van der Waals surface area contributed by atoms with Crippen molar-refractivity contribution in [2.45, 2.75) is 44.8 Å². The van der Waals surface area contributed by atoms with Crippen LogP contribution in [0.25, 0.3) is 0 Å². The Hall–Kier alpha value is -2.26. The van der Waals surface area contributed by atoms with Crippen molar-refractivity contribution in [2.75, 3.05) is 26.2 Å². The molecule has 7 heteroatoms. The van der Waals surface area contributed by atoms with Crippen molar-refractivity contribution in [1.29, 1.82) is 5.26 Å². The van der Waals surface area contributed by atoms with Gasteiger partial charge in [0.15, 0.2) is 0 Å². The van der Waals surface area contributed by atoms with Crippen molar-refractivity contribution in [1.82, 2.24) is 9.80 Å². The van der Waals surface area contributed by atoms with Crippen LogP contribution in [0, 0.1) is 18.3 Å². The Kier molecular flexibility index (Phi) is 7.25. The van der Waals surface area contributed by atoms with Crippen molar-refractivity contribution in [2.24, 2.45) is 0 Å². The molecule has 2 heterocycles. The lowest BCUT2D eigenvalue weighted by Crippen LogP contribution is -2.50. The molecule has 0 bridgehead atoms. The first-order valence-electron chi connectivity index (χ1n) is 11.1. The number of nitriles is 1. The summed E-state index contributed by atoms with van der Waals surface area (Å²) in [6.45, 7) is 5.42. The normalized spacial score (nSPS) is 18.4. The van der Waals surface area contributed by atoms with Crippen LogP contribution in [-0.2, 0) is 0 Å². The molecule has 0 aromatic heterocycles. The van der Waals surface area contributed by atoms with Crippen molar-refractivity contribution in [3.05, 3.63) is 63.1 Å². The molecule has 4 rings (SSSR count). The van der Waals surface area contributed by atoms with E-state index in [1.807, 2.05) is 17.9 Å². The van der Waals surface area contributed by atoms with Crippen LogP contribution in [0.3, 0.4) is 0 Å². The second-order valence-electron chi connectivity index (χ2n) is 8.55. The van der Waals surface area contributed by atoms with Gasteiger partial charge < -0.3 is 9.64 Å². The summed E-state index contributed by atoms with van der Waals surface area (Å²) in [5.74, 6) is 0.829. The van der Waals surface area contributed by atoms with Crippen molar-refractivity contribution in [3.63, 3.8) is 0 Å². The predicted molar refractivity (Wildman–Crippen MR) is 127 cm³/mol. The van der Waals surface area contributed by atoms with Gasteiger partial charge in [0, 0.05) is 43.3 Å².